The van der Waals surface area contributed by atoms with Gasteiger partial charge in [-0.2, -0.15) is 0 Å². The van der Waals surface area contributed by atoms with Gasteiger partial charge in [0.1, 0.15) is 0 Å². The molecule has 1 heterocycles. The molecule has 0 aromatic rings. The molecule has 0 radical (unpaired) electrons. The van der Waals surface area contributed by atoms with Crippen LogP contribution in [0.2, 0.25) is 0 Å². The monoisotopic (exact) mass is 226 g/mol. The van der Waals surface area contributed by atoms with Crippen LogP contribution in [-0.2, 0) is 0 Å². The van der Waals surface area contributed by atoms with Crippen LogP contribution in [0.3, 0.4) is 0 Å². The largest absolute Gasteiger partial charge is 0.133 e. The Hall–Kier alpha value is 0.820. The summed E-state index contributed by atoms with van der Waals surface area (Å²) in [5.74, 6) is 1.24. The molecule has 0 bridgehead atoms. The number of halogens is 1. The van der Waals surface area contributed by atoms with Gasteiger partial charge in [-0.3, -0.25) is 0 Å². The molecule has 7 heavy (non-hydrogen) atoms. The third kappa shape index (κ3) is 1.64. The van der Waals surface area contributed by atoms with Crippen molar-refractivity contribution in [2.45, 2.75) is 10.3 Å². The van der Waals surface area contributed by atoms with Gasteiger partial charge >= 0.3 is 0 Å². The summed E-state index contributed by atoms with van der Waals surface area (Å²) in [4.78, 5) is 0. The molecule has 0 nitrogen and oxygen atoms in total. The lowest BCUT2D eigenvalue weighted by Gasteiger charge is -2.07. The summed E-state index contributed by atoms with van der Waals surface area (Å²) in [6.07, 6.45) is 2.25. The average molecular weight is 226 g/mol. The minimum Gasteiger partial charge on any atom is -0.133 e. The second kappa shape index (κ2) is 1.97. The van der Waals surface area contributed by atoms with Gasteiger partial charge in [-0.05, 0) is 12.3 Å². The van der Waals surface area contributed by atoms with Crippen LogP contribution in [0.1, 0.15) is 6.92 Å². The van der Waals surface area contributed by atoms with Crippen LogP contribution in [-0.4, -0.2) is 9.17 Å². The molecule has 0 saturated carbocycles. The van der Waals surface area contributed by atoms with Crippen LogP contribution in [0.15, 0.2) is 11.5 Å². The molecule has 1 rings (SSSR count). The Kier molecular flexibility index (Phi) is 1.68. The van der Waals surface area contributed by atoms with Gasteiger partial charge in [0.05, 0.1) is 0 Å². The predicted octanol–water partition coefficient (Wildman–Crippen LogP) is 2.44. The molecule has 0 aliphatic carbocycles. The van der Waals surface area contributed by atoms with E-state index in [0.717, 1.165) is 0 Å². The first-order chi connectivity index (χ1) is 3.21. The first-order valence-corrected chi connectivity index (χ1v) is 4.32. The maximum absolute atomic E-state index is 2.46. The van der Waals surface area contributed by atoms with Crippen molar-refractivity contribution in [3.8, 4) is 0 Å². The van der Waals surface area contributed by atoms with E-state index in [1.54, 1.807) is 0 Å². The molecular weight excluding hydrogens is 219 g/mol. The number of hydrogen-bond donors (Lipinski definition) is 0. The SMILES string of the molecule is CC1(I)C=CSC1. The molecule has 1 atom stereocenters. The van der Waals surface area contributed by atoms with Crippen molar-refractivity contribution in [2.75, 3.05) is 5.75 Å². The van der Waals surface area contributed by atoms with Gasteiger partial charge in [0, 0.05) is 9.17 Å². The summed E-state index contributed by atoms with van der Waals surface area (Å²) in [6.45, 7) is 2.24. The van der Waals surface area contributed by atoms with E-state index in [1.807, 2.05) is 11.8 Å². The van der Waals surface area contributed by atoms with E-state index in [9.17, 15) is 0 Å². The van der Waals surface area contributed by atoms with Crippen LogP contribution in [0.5, 0.6) is 0 Å². The fraction of sp³-hybridized carbons (Fsp3) is 0.600. The van der Waals surface area contributed by atoms with Crippen molar-refractivity contribution in [3.63, 3.8) is 0 Å². The van der Waals surface area contributed by atoms with Crippen LogP contribution in [0.4, 0.5) is 0 Å². The van der Waals surface area contributed by atoms with E-state index in [4.69, 9.17) is 0 Å². The zero-order chi connectivity index (χ0) is 5.33. The van der Waals surface area contributed by atoms with E-state index < -0.39 is 0 Å². The molecule has 0 spiro atoms. The normalized spacial score (nSPS) is 39.7. The Morgan fingerprint density at radius 3 is 2.71 bits per heavy atom. The Bertz CT molecular complexity index is 96.3. The van der Waals surface area contributed by atoms with Gasteiger partial charge in [-0.1, -0.05) is 28.7 Å². The first-order valence-electron chi connectivity index (χ1n) is 2.19. The zero-order valence-corrected chi connectivity index (χ0v) is 7.12. The lowest BCUT2D eigenvalue weighted by atomic mass is 10.2. The van der Waals surface area contributed by atoms with Crippen LogP contribution < -0.4 is 0 Å². The maximum atomic E-state index is 2.46. The molecule has 0 aromatic carbocycles. The van der Waals surface area contributed by atoms with Gasteiger partial charge < -0.3 is 0 Å². The Balaban J connectivity index is 2.57. The molecule has 1 unspecified atom stereocenters. The van der Waals surface area contributed by atoms with Crippen molar-refractivity contribution >= 4 is 34.4 Å². The molecule has 0 fully saturated rings. The molecular formula is C5H7IS. The summed E-state index contributed by atoms with van der Waals surface area (Å²) in [5, 5.41) is 2.17. The molecule has 0 amide bonds. The summed E-state index contributed by atoms with van der Waals surface area (Å²) in [7, 11) is 0. The Morgan fingerprint density at radius 2 is 2.57 bits per heavy atom. The predicted molar refractivity (Wildman–Crippen MR) is 44.0 cm³/mol. The summed E-state index contributed by atoms with van der Waals surface area (Å²) >= 11 is 4.35. The van der Waals surface area contributed by atoms with E-state index in [2.05, 4.69) is 41.0 Å². The lowest BCUT2D eigenvalue weighted by Crippen LogP contribution is -2.09. The van der Waals surface area contributed by atoms with Crippen molar-refractivity contribution in [3.05, 3.63) is 11.5 Å². The topological polar surface area (TPSA) is 0 Å². The summed E-state index contributed by atoms with van der Waals surface area (Å²) in [5.41, 5.74) is 0. The molecule has 0 aromatic heterocycles. The molecule has 0 N–H and O–H groups in total. The van der Waals surface area contributed by atoms with Gasteiger partial charge in [0.2, 0.25) is 0 Å². The van der Waals surface area contributed by atoms with E-state index in [0.29, 0.717) is 3.42 Å². The van der Waals surface area contributed by atoms with Crippen molar-refractivity contribution in [1.82, 2.24) is 0 Å². The van der Waals surface area contributed by atoms with Gasteiger partial charge in [0.25, 0.3) is 0 Å². The second-order valence-corrected chi connectivity index (χ2v) is 5.25. The smallest absolute Gasteiger partial charge is 0.0474 e. The van der Waals surface area contributed by atoms with E-state index in [1.165, 1.54) is 5.75 Å². The third-order valence-electron chi connectivity index (χ3n) is 0.877. The fourth-order valence-corrected chi connectivity index (χ4v) is 2.33. The molecule has 0 saturated heterocycles. The highest BCUT2D eigenvalue weighted by molar-refractivity contribution is 14.1. The van der Waals surface area contributed by atoms with Gasteiger partial charge in [0.15, 0.2) is 0 Å². The Morgan fingerprint density at radius 1 is 1.86 bits per heavy atom. The minimum absolute atomic E-state index is 0.447. The van der Waals surface area contributed by atoms with E-state index in [-0.39, 0.29) is 0 Å². The lowest BCUT2D eigenvalue weighted by molar-refractivity contribution is 0.976. The number of alkyl halides is 1. The Labute approximate surface area is 61.9 Å². The van der Waals surface area contributed by atoms with Crippen LogP contribution in [0.25, 0.3) is 0 Å². The third-order valence-corrected chi connectivity index (χ3v) is 3.23. The van der Waals surface area contributed by atoms with Gasteiger partial charge in [-0.25, -0.2) is 0 Å². The number of hydrogen-bond acceptors (Lipinski definition) is 1. The average Bonchev–Trinajstić information content (AvgIpc) is 1.84. The molecule has 40 valence electrons. The van der Waals surface area contributed by atoms with Crippen LogP contribution >= 0.6 is 34.4 Å². The van der Waals surface area contributed by atoms with E-state index >= 15 is 0 Å². The standard InChI is InChI=1S/C5H7IS/c1-5(6)2-3-7-4-5/h2-3H,4H2,1H3. The fourth-order valence-electron chi connectivity index (χ4n) is 0.449. The highest BCUT2D eigenvalue weighted by Gasteiger charge is 2.18. The summed E-state index contributed by atoms with van der Waals surface area (Å²) < 4.78 is 0.447. The second-order valence-electron chi connectivity index (χ2n) is 1.89. The van der Waals surface area contributed by atoms with Crippen molar-refractivity contribution in [1.29, 1.82) is 0 Å². The summed E-state index contributed by atoms with van der Waals surface area (Å²) in [6, 6.07) is 0. The number of rotatable bonds is 0. The molecule has 2 heteroatoms. The van der Waals surface area contributed by atoms with Crippen LogP contribution in [0, 0.1) is 0 Å². The number of allylic oxidation sites excluding steroid dienone is 1. The zero-order valence-electron chi connectivity index (χ0n) is 4.15. The highest BCUT2D eigenvalue weighted by atomic mass is 127. The first kappa shape index (κ1) is 5.95. The highest BCUT2D eigenvalue weighted by Crippen LogP contribution is 2.31. The molecule has 1 aliphatic rings. The van der Waals surface area contributed by atoms with Crippen molar-refractivity contribution in [2.24, 2.45) is 0 Å². The number of thioether (sulfide) groups is 1. The van der Waals surface area contributed by atoms with Crippen molar-refractivity contribution < 1.29 is 0 Å². The quantitative estimate of drug-likeness (QED) is 0.451. The maximum Gasteiger partial charge on any atom is 0.0474 e. The van der Waals surface area contributed by atoms with Gasteiger partial charge in [-0.15, -0.1) is 11.8 Å². The minimum atomic E-state index is 0.447. The molecule has 1 aliphatic heterocycles.